The highest BCUT2D eigenvalue weighted by molar-refractivity contribution is 5.86. The van der Waals surface area contributed by atoms with Gasteiger partial charge in [-0.1, -0.05) is 26.7 Å². The molecular formula is C8H14O3. The second kappa shape index (κ2) is 4.88. The van der Waals surface area contributed by atoms with Gasteiger partial charge in [-0.25, -0.2) is 0 Å². The number of rotatable bonds is 5. The van der Waals surface area contributed by atoms with Crippen molar-refractivity contribution in [2.75, 3.05) is 0 Å². The van der Waals surface area contributed by atoms with Gasteiger partial charge in [0.1, 0.15) is 12.2 Å². The minimum Gasteiger partial charge on any atom is -0.481 e. The minimum absolute atomic E-state index is 0.00926. The zero-order valence-electron chi connectivity index (χ0n) is 6.91. The molecular weight excluding hydrogens is 144 g/mol. The molecule has 0 aromatic rings. The molecule has 0 heterocycles. The maximum atomic E-state index is 10.5. The molecule has 0 bridgehead atoms. The van der Waals surface area contributed by atoms with Crippen molar-refractivity contribution in [2.24, 2.45) is 11.8 Å². The fourth-order valence-corrected chi connectivity index (χ4v) is 1.17. The zero-order valence-corrected chi connectivity index (χ0v) is 6.91. The number of carboxylic acid groups (broad SMARTS) is 1. The minimum atomic E-state index is -1.01. The number of aliphatic carboxylic acids is 1. The Bertz CT molecular complexity index is 138. The molecule has 0 rings (SSSR count). The third kappa shape index (κ3) is 2.70. The molecule has 1 unspecified atom stereocenters. The van der Waals surface area contributed by atoms with E-state index in [4.69, 9.17) is 5.11 Å². The standard InChI is InChI=1S/C8H14O3/c1-3-6(4-2)7(5-9)8(10)11/h5-7H,3-4H2,1-2H3,(H,10,11). The van der Waals surface area contributed by atoms with Crippen LogP contribution < -0.4 is 0 Å². The van der Waals surface area contributed by atoms with Gasteiger partial charge in [-0.15, -0.1) is 0 Å². The quantitative estimate of drug-likeness (QED) is 0.485. The molecule has 64 valence electrons. The van der Waals surface area contributed by atoms with Crippen molar-refractivity contribution in [3.05, 3.63) is 0 Å². The van der Waals surface area contributed by atoms with Gasteiger partial charge in [0.05, 0.1) is 0 Å². The Hall–Kier alpha value is -0.860. The Morgan fingerprint density at radius 3 is 2.00 bits per heavy atom. The molecule has 0 saturated heterocycles. The van der Waals surface area contributed by atoms with Gasteiger partial charge in [-0.2, -0.15) is 0 Å². The summed E-state index contributed by atoms with van der Waals surface area (Å²) in [4.78, 5) is 20.8. The molecule has 0 aliphatic carbocycles. The van der Waals surface area contributed by atoms with E-state index in [9.17, 15) is 9.59 Å². The third-order valence-electron chi connectivity index (χ3n) is 1.99. The van der Waals surface area contributed by atoms with E-state index in [1.54, 1.807) is 0 Å². The topological polar surface area (TPSA) is 54.4 Å². The van der Waals surface area contributed by atoms with Crippen LogP contribution in [0.1, 0.15) is 26.7 Å². The summed E-state index contributed by atoms with van der Waals surface area (Å²) in [6.45, 7) is 3.79. The van der Waals surface area contributed by atoms with Crippen LogP contribution in [0.25, 0.3) is 0 Å². The SMILES string of the molecule is CCC(CC)C(C=O)C(=O)O. The van der Waals surface area contributed by atoms with Crippen molar-refractivity contribution in [1.29, 1.82) is 0 Å². The lowest BCUT2D eigenvalue weighted by molar-refractivity contribution is -0.145. The van der Waals surface area contributed by atoms with Crippen LogP contribution in [-0.2, 0) is 9.59 Å². The summed E-state index contributed by atoms with van der Waals surface area (Å²) in [5, 5.41) is 8.57. The third-order valence-corrected chi connectivity index (χ3v) is 1.99. The summed E-state index contributed by atoms with van der Waals surface area (Å²) >= 11 is 0. The highest BCUT2D eigenvalue weighted by Crippen LogP contribution is 2.17. The molecule has 3 nitrogen and oxygen atoms in total. The van der Waals surface area contributed by atoms with Gasteiger partial charge in [-0.3, -0.25) is 4.79 Å². The first-order valence-corrected chi connectivity index (χ1v) is 3.85. The van der Waals surface area contributed by atoms with Crippen LogP contribution in [0.4, 0.5) is 0 Å². The highest BCUT2D eigenvalue weighted by Gasteiger charge is 2.24. The van der Waals surface area contributed by atoms with Crippen LogP contribution in [0.2, 0.25) is 0 Å². The number of aldehydes is 1. The van der Waals surface area contributed by atoms with Crippen molar-refractivity contribution in [3.63, 3.8) is 0 Å². The van der Waals surface area contributed by atoms with Crippen LogP contribution in [0.15, 0.2) is 0 Å². The van der Waals surface area contributed by atoms with Gasteiger partial charge in [0.15, 0.2) is 0 Å². The molecule has 0 aliphatic rings. The molecule has 0 spiro atoms. The Morgan fingerprint density at radius 2 is 1.91 bits per heavy atom. The van der Waals surface area contributed by atoms with Crippen molar-refractivity contribution in [3.8, 4) is 0 Å². The summed E-state index contributed by atoms with van der Waals surface area (Å²) in [6.07, 6.45) is 2.01. The lowest BCUT2D eigenvalue weighted by Crippen LogP contribution is -2.23. The van der Waals surface area contributed by atoms with Crippen LogP contribution in [0, 0.1) is 11.8 Å². The van der Waals surface area contributed by atoms with E-state index >= 15 is 0 Å². The van der Waals surface area contributed by atoms with Crippen molar-refractivity contribution >= 4 is 12.3 Å². The fraction of sp³-hybridized carbons (Fsp3) is 0.750. The Kier molecular flexibility index (Phi) is 4.50. The molecule has 3 heteroatoms. The largest absolute Gasteiger partial charge is 0.481 e. The van der Waals surface area contributed by atoms with Gasteiger partial charge in [-0.05, 0) is 5.92 Å². The molecule has 0 fully saturated rings. The Balaban J connectivity index is 4.20. The van der Waals surface area contributed by atoms with Crippen LogP contribution >= 0.6 is 0 Å². The van der Waals surface area contributed by atoms with E-state index in [1.807, 2.05) is 13.8 Å². The van der Waals surface area contributed by atoms with Crippen molar-refractivity contribution in [2.45, 2.75) is 26.7 Å². The summed E-state index contributed by atoms with van der Waals surface area (Å²) in [7, 11) is 0. The number of carboxylic acids is 1. The molecule has 0 radical (unpaired) electrons. The molecule has 0 aliphatic heterocycles. The van der Waals surface area contributed by atoms with Gasteiger partial charge >= 0.3 is 5.97 Å². The predicted molar refractivity (Wildman–Crippen MR) is 41.3 cm³/mol. The van der Waals surface area contributed by atoms with E-state index in [1.165, 1.54) is 0 Å². The average molecular weight is 158 g/mol. The molecule has 0 aromatic heterocycles. The monoisotopic (exact) mass is 158 g/mol. The van der Waals surface area contributed by atoms with Gasteiger partial charge in [0.25, 0.3) is 0 Å². The molecule has 11 heavy (non-hydrogen) atoms. The maximum absolute atomic E-state index is 10.5. The maximum Gasteiger partial charge on any atom is 0.314 e. The second-order valence-electron chi connectivity index (χ2n) is 2.58. The summed E-state index contributed by atoms with van der Waals surface area (Å²) in [5.41, 5.74) is 0. The summed E-state index contributed by atoms with van der Waals surface area (Å²) in [6, 6.07) is 0. The zero-order chi connectivity index (χ0) is 8.85. The Morgan fingerprint density at radius 1 is 1.45 bits per heavy atom. The van der Waals surface area contributed by atoms with Crippen LogP contribution in [-0.4, -0.2) is 17.4 Å². The first kappa shape index (κ1) is 10.1. The van der Waals surface area contributed by atoms with Crippen molar-refractivity contribution in [1.82, 2.24) is 0 Å². The molecule has 1 N–H and O–H groups in total. The van der Waals surface area contributed by atoms with Crippen LogP contribution in [0.3, 0.4) is 0 Å². The van der Waals surface area contributed by atoms with Crippen molar-refractivity contribution < 1.29 is 14.7 Å². The number of hydrogen-bond donors (Lipinski definition) is 1. The normalized spacial score (nSPS) is 13.0. The summed E-state index contributed by atoms with van der Waals surface area (Å²) < 4.78 is 0. The Labute approximate surface area is 66.4 Å². The summed E-state index contributed by atoms with van der Waals surface area (Å²) in [5.74, 6) is -1.83. The molecule has 0 aromatic carbocycles. The van der Waals surface area contributed by atoms with Crippen LogP contribution in [0.5, 0.6) is 0 Å². The second-order valence-corrected chi connectivity index (χ2v) is 2.58. The average Bonchev–Trinajstić information content (AvgIpc) is 1.99. The number of carbonyl (C=O) groups is 2. The highest BCUT2D eigenvalue weighted by atomic mass is 16.4. The van der Waals surface area contributed by atoms with E-state index < -0.39 is 11.9 Å². The van der Waals surface area contributed by atoms with E-state index in [0.29, 0.717) is 6.29 Å². The van der Waals surface area contributed by atoms with E-state index in [0.717, 1.165) is 12.8 Å². The lowest BCUT2D eigenvalue weighted by Gasteiger charge is -2.14. The van der Waals surface area contributed by atoms with E-state index in [2.05, 4.69) is 0 Å². The predicted octanol–water partition coefficient (Wildman–Crippen LogP) is 1.32. The first-order chi connectivity index (χ1) is 5.17. The number of carbonyl (C=O) groups excluding carboxylic acids is 1. The molecule has 0 amide bonds. The first-order valence-electron chi connectivity index (χ1n) is 3.85. The fourth-order valence-electron chi connectivity index (χ4n) is 1.17. The smallest absolute Gasteiger partial charge is 0.314 e. The molecule has 0 saturated carbocycles. The van der Waals surface area contributed by atoms with Gasteiger partial charge < -0.3 is 9.90 Å². The van der Waals surface area contributed by atoms with Gasteiger partial charge in [0.2, 0.25) is 0 Å². The molecule has 1 atom stereocenters. The van der Waals surface area contributed by atoms with E-state index in [-0.39, 0.29) is 5.92 Å². The van der Waals surface area contributed by atoms with Gasteiger partial charge in [0, 0.05) is 0 Å². The lowest BCUT2D eigenvalue weighted by atomic mass is 9.89. The number of hydrogen-bond acceptors (Lipinski definition) is 2.